The Balaban J connectivity index is 1.81. The number of halogens is 1. The average molecular weight is 322 g/mol. The van der Waals surface area contributed by atoms with Crippen LogP contribution in [-0.2, 0) is 0 Å². The molecule has 4 rings (SSSR count). The molecule has 0 radical (unpaired) electrons. The lowest BCUT2D eigenvalue weighted by Gasteiger charge is -2.29. The van der Waals surface area contributed by atoms with Crippen LogP contribution in [0, 0.1) is 6.92 Å². The minimum Gasteiger partial charge on any atom is -0.311 e. The number of aromatic nitrogens is 4. The Kier molecular flexibility index (Phi) is 2.63. The molecule has 2 aliphatic rings. The first kappa shape index (κ1) is 11.8. The molecule has 0 saturated carbocycles. The molecule has 4 heterocycles. The van der Waals surface area contributed by atoms with Gasteiger partial charge in [0, 0.05) is 12.1 Å². The Morgan fingerprint density at radius 3 is 2.74 bits per heavy atom. The van der Waals surface area contributed by atoms with E-state index in [1.54, 1.807) is 6.33 Å². The Morgan fingerprint density at radius 2 is 2.00 bits per heavy atom. The van der Waals surface area contributed by atoms with Crippen LogP contribution in [0.2, 0.25) is 0 Å². The molecule has 0 aromatic carbocycles. The van der Waals surface area contributed by atoms with Crippen LogP contribution in [0.15, 0.2) is 10.9 Å². The average Bonchev–Trinajstić information content (AvgIpc) is 2.91. The highest BCUT2D eigenvalue weighted by atomic mass is 79.9. The van der Waals surface area contributed by atoms with Crippen LogP contribution in [0.3, 0.4) is 0 Å². The van der Waals surface area contributed by atoms with E-state index in [2.05, 4.69) is 41.0 Å². The van der Waals surface area contributed by atoms with Crippen molar-refractivity contribution < 1.29 is 0 Å². The zero-order chi connectivity index (χ0) is 13.0. The van der Waals surface area contributed by atoms with E-state index in [0.29, 0.717) is 18.1 Å². The molecular formula is C13H16BrN5. The van der Waals surface area contributed by atoms with Gasteiger partial charge in [0.25, 0.3) is 0 Å². The summed E-state index contributed by atoms with van der Waals surface area (Å²) < 4.78 is 2.98. The highest BCUT2D eigenvalue weighted by Gasteiger charge is 2.35. The number of piperidine rings is 1. The van der Waals surface area contributed by atoms with Gasteiger partial charge in [0.05, 0.1) is 17.1 Å². The first-order valence-corrected chi connectivity index (χ1v) is 7.63. The van der Waals surface area contributed by atoms with Crippen molar-refractivity contribution >= 4 is 27.0 Å². The third kappa shape index (κ3) is 1.80. The number of hydrogen-bond acceptors (Lipinski definition) is 4. The number of fused-ring (bicyclic) bond motifs is 3. The van der Waals surface area contributed by atoms with Gasteiger partial charge in [-0.1, -0.05) is 0 Å². The van der Waals surface area contributed by atoms with Crippen LogP contribution >= 0.6 is 15.9 Å². The summed E-state index contributed by atoms with van der Waals surface area (Å²) in [6, 6.07) is 1.77. The summed E-state index contributed by atoms with van der Waals surface area (Å²) in [5.74, 6) is 0. The van der Waals surface area contributed by atoms with Crippen molar-refractivity contribution in [2.45, 2.75) is 50.7 Å². The standard InChI is InChI=1S/C13H16BrN5/c1-7-11-12(14)18-19(13(11)16-6-15-7)10-4-8-2-3-9(5-10)17-8/h6,8-10,17H,2-5H2,1H3/t8-,9+,10?. The van der Waals surface area contributed by atoms with Crippen molar-refractivity contribution in [3.63, 3.8) is 0 Å². The molecule has 0 amide bonds. The van der Waals surface area contributed by atoms with Crippen LogP contribution in [0.4, 0.5) is 0 Å². The Labute approximate surface area is 119 Å². The lowest BCUT2D eigenvalue weighted by atomic mass is 10.00. The van der Waals surface area contributed by atoms with Crippen LogP contribution in [0.25, 0.3) is 11.0 Å². The van der Waals surface area contributed by atoms with Gasteiger partial charge >= 0.3 is 0 Å². The maximum atomic E-state index is 4.67. The first-order valence-electron chi connectivity index (χ1n) is 6.83. The van der Waals surface area contributed by atoms with E-state index in [1.165, 1.54) is 12.8 Å². The summed E-state index contributed by atoms with van der Waals surface area (Å²) >= 11 is 3.55. The van der Waals surface area contributed by atoms with Crippen molar-refractivity contribution in [2.24, 2.45) is 0 Å². The van der Waals surface area contributed by atoms with Crippen LogP contribution in [-0.4, -0.2) is 31.8 Å². The van der Waals surface area contributed by atoms with Crippen LogP contribution in [0.5, 0.6) is 0 Å². The molecule has 2 saturated heterocycles. The molecule has 1 unspecified atom stereocenters. The molecule has 2 aliphatic heterocycles. The van der Waals surface area contributed by atoms with Crippen molar-refractivity contribution in [1.29, 1.82) is 0 Å². The van der Waals surface area contributed by atoms with E-state index in [4.69, 9.17) is 0 Å². The van der Waals surface area contributed by atoms with Gasteiger partial charge in [-0.15, -0.1) is 0 Å². The minimum absolute atomic E-state index is 0.460. The number of aryl methyl sites for hydroxylation is 1. The van der Waals surface area contributed by atoms with E-state index >= 15 is 0 Å². The van der Waals surface area contributed by atoms with Gasteiger partial charge in [-0.3, -0.25) is 0 Å². The summed E-state index contributed by atoms with van der Waals surface area (Å²) in [6.45, 7) is 2.01. The fourth-order valence-corrected chi connectivity index (χ4v) is 4.18. The predicted octanol–water partition coefficient (Wildman–Crippen LogP) is 2.35. The summed E-state index contributed by atoms with van der Waals surface area (Å²) in [5, 5.41) is 9.39. The molecule has 100 valence electrons. The van der Waals surface area contributed by atoms with Gasteiger partial charge in [-0.2, -0.15) is 5.10 Å². The molecule has 6 heteroatoms. The lowest BCUT2D eigenvalue weighted by molar-refractivity contribution is 0.286. The van der Waals surface area contributed by atoms with E-state index in [9.17, 15) is 0 Å². The summed E-state index contributed by atoms with van der Waals surface area (Å²) in [4.78, 5) is 8.71. The third-order valence-electron chi connectivity index (χ3n) is 4.43. The fourth-order valence-electron chi connectivity index (χ4n) is 3.55. The fraction of sp³-hybridized carbons (Fsp3) is 0.615. The second kappa shape index (κ2) is 4.24. The third-order valence-corrected chi connectivity index (χ3v) is 4.98. The van der Waals surface area contributed by atoms with Gasteiger partial charge in [0.1, 0.15) is 10.9 Å². The zero-order valence-electron chi connectivity index (χ0n) is 10.8. The van der Waals surface area contributed by atoms with Gasteiger partial charge in [-0.25, -0.2) is 14.6 Å². The Bertz CT molecular complexity index is 625. The van der Waals surface area contributed by atoms with Crippen molar-refractivity contribution in [2.75, 3.05) is 0 Å². The molecular weight excluding hydrogens is 306 g/mol. The lowest BCUT2D eigenvalue weighted by Crippen LogP contribution is -2.39. The number of hydrogen-bond donors (Lipinski definition) is 1. The van der Waals surface area contributed by atoms with Crippen LogP contribution < -0.4 is 5.32 Å². The van der Waals surface area contributed by atoms with E-state index in [-0.39, 0.29) is 0 Å². The molecule has 19 heavy (non-hydrogen) atoms. The van der Waals surface area contributed by atoms with Crippen molar-refractivity contribution in [3.8, 4) is 0 Å². The molecule has 5 nitrogen and oxygen atoms in total. The van der Waals surface area contributed by atoms with Gasteiger partial charge < -0.3 is 5.32 Å². The van der Waals surface area contributed by atoms with Gasteiger partial charge in [0.15, 0.2) is 5.65 Å². The van der Waals surface area contributed by atoms with Crippen molar-refractivity contribution in [1.82, 2.24) is 25.1 Å². The summed E-state index contributed by atoms with van der Waals surface area (Å²) in [6.07, 6.45) is 6.55. The smallest absolute Gasteiger partial charge is 0.162 e. The monoisotopic (exact) mass is 321 g/mol. The molecule has 1 N–H and O–H groups in total. The van der Waals surface area contributed by atoms with Crippen molar-refractivity contribution in [3.05, 3.63) is 16.6 Å². The maximum Gasteiger partial charge on any atom is 0.162 e. The number of nitrogens with one attached hydrogen (secondary N) is 1. The van der Waals surface area contributed by atoms with Gasteiger partial charge in [0.2, 0.25) is 0 Å². The molecule has 2 bridgehead atoms. The summed E-state index contributed by atoms with van der Waals surface area (Å²) in [5.41, 5.74) is 1.95. The highest BCUT2D eigenvalue weighted by Crippen LogP contribution is 2.36. The molecule has 2 fully saturated rings. The first-order chi connectivity index (χ1) is 9.22. The highest BCUT2D eigenvalue weighted by molar-refractivity contribution is 9.10. The molecule has 3 atom stereocenters. The van der Waals surface area contributed by atoms with E-state index in [0.717, 1.165) is 34.2 Å². The Morgan fingerprint density at radius 1 is 1.26 bits per heavy atom. The zero-order valence-corrected chi connectivity index (χ0v) is 12.4. The largest absolute Gasteiger partial charge is 0.311 e. The number of nitrogens with zero attached hydrogens (tertiary/aromatic N) is 4. The maximum absolute atomic E-state index is 4.67. The van der Waals surface area contributed by atoms with E-state index in [1.807, 2.05) is 6.92 Å². The quantitative estimate of drug-likeness (QED) is 0.876. The normalized spacial score (nSPS) is 30.1. The SMILES string of the molecule is Cc1ncnc2c1c(Br)nn2C1C[C@H]2CC[C@@H](C1)N2. The molecule has 0 aliphatic carbocycles. The van der Waals surface area contributed by atoms with Crippen LogP contribution in [0.1, 0.15) is 37.4 Å². The summed E-state index contributed by atoms with van der Waals surface area (Å²) in [7, 11) is 0. The van der Waals surface area contributed by atoms with Gasteiger partial charge in [-0.05, 0) is 48.5 Å². The minimum atomic E-state index is 0.460. The molecule has 2 aromatic heterocycles. The molecule has 2 aromatic rings. The second-order valence-electron chi connectivity index (χ2n) is 5.66. The second-order valence-corrected chi connectivity index (χ2v) is 6.41. The van der Waals surface area contributed by atoms with E-state index < -0.39 is 0 Å². The predicted molar refractivity (Wildman–Crippen MR) is 76.0 cm³/mol. The number of rotatable bonds is 1. The molecule has 0 spiro atoms. The Hall–Kier alpha value is -1.01. The topological polar surface area (TPSA) is 55.6 Å².